The summed E-state index contributed by atoms with van der Waals surface area (Å²) in [6.07, 6.45) is 5.02. The standard InChI is InChI=1S/C18H28N2O2/c1-3-22-17-9-8-16(14-15(17)2)18(21)19-10-7-13-20-11-5-4-6-12-20/h8-9,14H,3-7,10-13H2,1-2H3,(H,19,21). The molecule has 1 fully saturated rings. The Bertz CT molecular complexity index is 482. The molecule has 22 heavy (non-hydrogen) atoms. The third kappa shape index (κ3) is 5.02. The van der Waals surface area contributed by atoms with Crippen molar-refractivity contribution >= 4 is 5.91 Å². The molecule has 1 N–H and O–H groups in total. The van der Waals surface area contributed by atoms with E-state index in [1.807, 2.05) is 32.0 Å². The van der Waals surface area contributed by atoms with E-state index in [1.165, 1.54) is 32.4 Å². The van der Waals surface area contributed by atoms with Gasteiger partial charge in [-0.2, -0.15) is 0 Å². The molecule has 0 bridgehead atoms. The number of rotatable bonds is 7. The zero-order valence-corrected chi connectivity index (χ0v) is 13.9. The zero-order chi connectivity index (χ0) is 15.8. The maximum atomic E-state index is 12.2. The average Bonchev–Trinajstić information content (AvgIpc) is 2.54. The molecule has 0 saturated carbocycles. The molecule has 0 radical (unpaired) electrons. The van der Waals surface area contributed by atoms with E-state index >= 15 is 0 Å². The van der Waals surface area contributed by atoms with Gasteiger partial charge in [0.25, 0.3) is 5.91 Å². The second kappa shape index (κ2) is 8.79. The lowest BCUT2D eigenvalue weighted by Crippen LogP contribution is -2.33. The van der Waals surface area contributed by atoms with Crippen LogP contribution < -0.4 is 10.1 Å². The molecule has 1 aromatic carbocycles. The summed E-state index contributed by atoms with van der Waals surface area (Å²) in [4.78, 5) is 14.6. The Morgan fingerprint density at radius 1 is 1.27 bits per heavy atom. The molecule has 1 aliphatic heterocycles. The second-order valence-corrected chi connectivity index (χ2v) is 5.93. The van der Waals surface area contributed by atoms with E-state index in [0.717, 1.165) is 30.8 Å². The summed E-state index contributed by atoms with van der Waals surface area (Å²) in [5.74, 6) is 0.856. The van der Waals surface area contributed by atoms with Crippen LogP contribution in [0.3, 0.4) is 0 Å². The maximum Gasteiger partial charge on any atom is 0.251 e. The Hall–Kier alpha value is -1.55. The number of hydrogen-bond acceptors (Lipinski definition) is 3. The SMILES string of the molecule is CCOc1ccc(C(=O)NCCCN2CCCCC2)cc1C. The maximum absolute atomic E-state index is 12.2. The lowest BCUT2D eigenvalue weighted by molar-refractivity contribution is 0.0951. The van der Waals surface area contributed by atoms with Crippen molar-refractivity contribution in [1.82, 2.24) is 10.2 Å². The van der Waals surface area contributed by atoms with E-state index in [2.05, 4.69) is 10.2 Å². The van der Waals surface area contributed by atoms with E-state index in [9.17, 15) is 4.79 Å². The van der Waals surface area contributed by atoms with E-state index in [1.54, 1.807) is 0 Å². The van der Waals surface area contributed by atoms with Gasteiger partial charge in [0.2, 0.25) is 0 Å². The van der Waals surface area contributed by atoms with Crippen molar-refractivity contribution in [2.45, 2.75) is 39.5 Å². The van der Waals surface area contributed by atoms with E-state index in [4.69, 9.17) is 4.74 Å². The van der Waals surface area contributed by atoms with Crippen molar-refractivity contribution in [3.05, 3.63) is 29.3 Å². The molecule has 0 unspecified atom stereocenters. The molecule has 1 aliphatic rings. The van der Waals surface area contributed by atoms with E-state index < -0.39 is 0 Å². The summed E-state index contributed by atoms with van der Waals surface area (Å²) in [5, 5.41) is 3.01. The van der Waals surface area contributed by atoms with Gasteiger partial charge in [-0.05, 0) is 76.5 Å². The van der Waals surface area contributed by atoms with Crippen LogP contribution >= 0.6 is 0 Å². The van der Waals surface area contributed by atoms with Crippen molar-refractivity contribution in [2.24, 2.45) is 0 Å². The minimum absolute atomic E-state index is 0.00444. The molecule has 1 aromatic rings. The number of ether oxygens (including phenoxy) is 1. The van der Waals surface area contributed by atoms with Crippen molar-refractivity contribution in [3.8, 4) is 5.75 Å². The van der Waals surface area contributed by atoms with Gasteiger partial charge in [0.15, 0.2) is 0 Å². The van der Waals surface area contributed by atoms with Crippen LogP contribution in [-0.4, -0.2) is 43.6 Å². The first kappa shape index (κ1) is 16.8. The Labute approximate surface area is 133 Å². The van der Waals surface area contributed by atoms with Crippen LogP contribution in [0.2, 0.25) is 0 Å². The van der Waals surface area contributed by atoms with Gasteiger partial charge in [-0.1, -0.05) is 6.42 Å². The van der Waals surface area contributed by atoms with Crippen LogP contribution in [-0.2, 0) is 0 Å². The summed E-state index contributed by atoms with van der Waals surface area (Å²) in [6, 6.07) is 5.60. The van der Waals surface area contributed by atoms with Gasteiger partial charge in [-0.3, -0.25) is 4.79 Å². The van der Waals surface area contributed by atoms with E-state index in [0.29, 0.717) is 12.2 Å². The lowest BCUT2D eigenvalue weighted by atomic mass is 10.1. The first-order valence-corrected chi connectivity index (χ1v) is 8.44. The van der Waals surface area contributed by atoms with Crippen LogP contribution in [0.5, 0.6) is 5.75 Å². The molecule has 122 valence electrons. The van der Waals surface area contributed by atoms with Crippen LogP contribution in [0.1, 0.15) is 48.5 Å². The lowest BCUT2D eigenvalue weighted by Gasteiger charge is -2.26. The second-order valence-electron chi connectivity index (χ2n) is 5.93. The molecule has 4 heteroatoms. The molecule has 0 aromatic heterocycles. The number of nitrogens with zero attached hydrogens (tertiary/aromatic N) is 1. The fourth-order valence-corrected chi connectivity index (χ4v) is 2.90. The summed E-state index contributed by atoms with van der Waals surface area (Å²) in [7, 11) is 0. The molecule has 0 atom stereocenters. The highest BCUT2D eigenvalue weighted by atomic mass is 16.5. The van der Waals surface area contributed by atoms with Gasteiger partial charge >= 0.3 is 0 Å². The number of aryl methyl sites for hydroxylation is 1. The number of hydrogen-bond donors (Lipinski definition) is 1. The van der Waals surface area contributed by atoms with Gasteiger partial charge in [-0.25, -0.2) is 0 Å². The van der Waals surface area contributed by atoms with Gasteiger partial charge in [0, 0.05) is 12.1 Å². The Kier molecular flexibility index (Phi) is 6.72. The predicted molar refractivity (Wildman–Crippen MR) is 89.6 cm³/mol. The number of likely N-dealkylation sites (tertiary alicyclic amines) is 1. The normalized spacial score (nSPS) is 15.5. The highest BCUT2D eigenvalue weighted by molar-refractivity contribution is 5.94. The molecule has 4 nitrogen and oxygen atoms in total. The molecule has 1 saturated heterocycles. The number of carbonyl (C=O) groups excluding carboxylic acids is 1. The van der Waals surface area contributed by atoms with Crippen LogP contribution in [0.4, 0.5) is 0 Å². The minimum atomic E-state index is 0.00444. The third-order valence-corrected chi connectivity index (χ3v) is 4.12. The number of amides is 1. The number of carbonyl (C=O) groups is 1. The van der Waals surface area contributed by atoms with Crippen molar-refractivity contribution in [2.75, 3.05) is 32.8 Å². The first-order valence-electron chi connectivity index (χ1n) is 8.44. The number of nitrogens with one attached hydrogen (secondary N) is 1. The Morgan fingerprint density at radius 3 is 2.73 bits per heavy atom. The molecule has 1 heterocycles. The molecular weight excluding hydrogens is 276 g/mol. The summed E-state index contributed by atoms with van der Waals surface area (Å²) in [5.41, 5.74) is 1.71. The average molecular weight is 304 g/mol. The number of benzene rings is 1. The molecule has 0 spiro atoms. The van der Waals surface area contributed by atoms with Crippen LogP contribution in [0.25, 0.3) is 0 Å². The zero-order valence-electron chi connectivity index (χ0n) is 13.9. The smallest absolute Gasteiger partial charge is 0.251 e. The Balaban J connectivity index is 1.73. The highest BCUT2D eigenvalue weighted by Crippen LogP contribution is 2.19. The summed E-state index contributed by atoms with van der Waals surface area (Å²) in [6.45, 7) is 8.83. The summed E-state index contributed by atoms with van der Waals surface area (Å²) < 4.78 is 5.50. The highest BCUT2D eigenvalue weighted by Gasteiger charge is 2.10. The summed E-state index contributed by atoms with van der Waals surface area (Å²) >= 11 is 0. The van der Waals surface area contributed by atoms with Crippen molar-refractivity contribution < 1.29 is 9.53 Å². The largest absolute Gasteiger partial charge is 0.494 e. The quantitative estimate of drug-likeness (QED) is 0.787. The molecule has 2 rings (SSSR count). The monoisotopic (exact) mass is 304 g/mol. The van der Waals surface area contributed by atoms with Crippen molar-refractivity contribution in [3.63, 3.8) is 0 Å². The fourth-order valence-electron chi connectivity index (χ4n) is 2.90. The molecule has 1 amide bonds. The topological polar surface area (TPSA) is 41.6 Å². The van der Waals surface area contributed by atoms with Crippen molar-refractivity contribution in [1.29, 1.82) is 0 Å². The van der Waals surface area contributed by atoms with Crippen LogP contribution in [0, 0.1) is 6.92 Å². The first-order chi connectivity index (χ1) is 10.7. The van der Waals surface area contributed by atoms with Gasteiger partial charge in [0.05, 0.1) is 6.61 Å². The molecular formula is C18H28N2O2. The predicted octanol–water partition coefficient (Wildman–Crippen LogP) is 3.00. The van der Waals surface area contributed by atoms with Crippen LogP contribution in [0.15, 0.2) is 18.2 Å². The van der Waals surface area contributed by atoms with Gasteiger partial charge in [0.1, 0.15) is 5.75 Å². The fraction of sp³-hybridized carbons (Fsp3) is 0.611. The Morgan fingerprint density at radius 2 is 2.05 bits per heavy atom. The molecule has 0 aliphatic carbocycles. The van der Waals surface area contributed by atoms with E-state index in [-0.39, 0.29) is 5.91 Å². The number of piperidine rings is 1. The van der Waals surface area contributed by atoms with Gasteiger partial charge in [-0.15, -0.1) is 0 Å². The third-order valence-electron chi connectivity index (χ3n) is 4.12. The van der Waals surface area contributed by atoms with Gasteiger partial charge < -0.3 is 15.0 Å². The minimum Gasteiger partial charge on any atom is -0.494 e.